The molecule has 1 unspecified atom stereocenters. The molecule has 1 fully saturated rings. The summed E-state index contributed by atoms with van der Waals surface area (Å²) in [5.74, 6) is 0.802. The number of hydrogen-bond donors (Lipinski definition) is 2. The number of halogens is 4. The van der Waals surface area contributed by atoms with Crippen LogP contribution in [0.1, 0.15) is 36.2 Å². The van der Waals surface area contributed by atoms with Gasteiger partial charge in [0.1, 0.15) is 18.7 Å². The fraction of sp³-hybridized carbons (Fsp3) is 0.368. The highest BCUT2D eigenvalue weighted by molar-refractivity contribution is 6.31. The van der Waals surface area contributed by atoms with Crippen molar-refractivity contribution in [3.63, 3.8) is 0 Å². The molecule has 1 aromatic carbocycles. The zero-order valence-corrected chi connectivity index (χ0v) is 16.4. The lowest BCUT2D eigenvalue weighted by molar-refractivity contribution is -0.137. The Morgan fingerprint density at radius 2 is 2.10 bits per heavy atom. The van der Waals surface area contributed by atoms with Gasteiger partial charge in [-0.05, 0) is 30.2 Å². The summed E-state index contributed by atoms with van der Waals surface area (Å²) in [5.41, 5.74) is 1.41. The number of alkyl halides is 3. The van der Waals surface area contributed by atoms with Crippen LogP contribution in [-0.2, 0) is 12.7 Å². The summed E-state index contributed by atoms with van der Waals surface area (Å²) in [6.45, 7) is 3.80. The van der Waals surface area contributed by atoms with Crippen molar-refractivity contribution in [3.05, 3.63) is 64.2 Å². The summed E-state index contributed by atoms with van der Waals surface area (Å²) in [5, 5.41) is 11.2. The Hall–Kier alpha value is -2.68. The molecule has 0 bridgehead atoms. The highest BCUT2D eigenvalue weighted by Crippen LogP contribution is 2.32. The van der Waals surface area contributed by atoms with Crippen LogP contribution >= 0.6 is 11.6 Å². The van der Waals surface area contributed by atoms with Gasteiger partial charge >= 0.3 is 6.18 Å². The minimum Gasteiger partial charge on any atom is -0.357 e. The molecule has 10 heteroatoms. The van der Waals surface area contributed by atoms with Gasteiger partial charge in [-0.2, -0.15) is 18.3 Å². The molecule has 29 heavy (non-hydrogen) atoms. The lowest BCUT2D eigenvalue weighted by Crippen LogP contribution is -2.28. The van der Waals surface area contributed by atoms with Crippen molar-refractivity contribution in [2.45, 2.75) is 32.2 Å². The van der Waals surface area contributed by atoms with Gasteiger partial charge in [-0.3, -0.25) is 4.68 Å². The van der Waals surface area contributed by atoms with Gasteiger partial charge < -0.3 is 15.5 Å². The maximum atomic E-state index is 13.0. The molecule has 2 N–H and O–H groups in total. The van der Waals surface area contributed by atoms with Gasteiger partial charge in [0, 0.05) is 29.5 Å². The molecule has 6 nitrogen and oxygen atoms in total. The van der Waals surface area contributed by atoms with Crippen LogP contribution in [0.25, 0.3) is 0 Å². The van der Waals surface area contributed by atoms with E-state index in [0.717, 1.165) is 42.2 Å². The summed E-state index contributed by atoms with van der Waals surface area (Å²) in [4.78, 5) is 6.67. The highest BCUT2D eigenvalue weighted by atomic mass is 35.5. The van der Waals surface area contributed by atoms with E-state index in [1.807, 2.05) is 6.20 Å². The molecule has 1 aromatic heterocycles. The first kappa shape index (κ1) is 19.6. The van der Waals surface area contributed by atoms with Crippen molar-refractivity contribution in [1.29, 1.82) is 0 Å². The second kappa shape index (κ2) is 7.62. The monoisotopic (exact) mass is 424 g/mol. The van der Waals surface area contributed by atoms with Gasteiger partial charge in [0.2, 0.25) is 0 Å². The van der Waals surface area contributed by atoms with Crippen molar-refractivity contribution in [1.82, 2.24) is 25.3 Å². The van der Waals surface area contributed by atoms with Gasteiger partial charge in [-0.1, -0.05) is 18.5 Å². The van der Waals surface area contributed by atoms with Crippen molar-refractivity contribution in [2.75, 3.05) is 13.2 Å². The van der Waals surface area contributed by atoms with Crippen molar-refractivity contribution in [3.8, 4) is 0 Å². The third-order valence-electron chi connectivity index (χ3n) is 4.76. The topological polar surface area (TPSA) is 57.5 Å². The Morgan fingerprint density at radius 3 is 2.86 bits per heavy atom. The molecule has 154 valence electrons. The number of rotatable bonds is 5. The van der Waals surface area contributed by atoms with Crippen LogP contribution < -0.4 is 10.6 Å². The van der Waals surface area contributed by atoms with Crippen LogP contribution in [0, 0.1) is 0 Å². The van der Waals surface area contributed by atoms with E-state index in [2.05, 4.69) is 32.5 Å². The van der Waals surface area contributed by atoms with Crippen LogP contribution in [-0.4, -0.2) is 33.7 Å². The Kier molecular flexibility index (Phi) is 5.16. The molecule has 4 rings (SSSR count). The standard InChI is InChI=1S/C19H20ClF3N6/c1-2-5-28-10-16-18(24-11-28)27-17(26-16)13-7-25-29(9-13)8-12-6-14(19(21,22)23)3-4-15(12)20/h3-4,6-7,9-10,17,26H,2,5,8,11H2,1H3,(H,24,27). The maximum absolute atomic E-state index is 13.0. The molecule has 1 atom stereocenters. The first-order valence-electron chi connectivity index (χ1n) is 9.25. The Balaban J connectivity index is 1.48. The second-order valence-corrected chi connectivity index (χ2v) is 7.41. The van der Waals surface area contributed by atoms with Gasteiger partial charge in [0.15, 0.2) is 0 Å². The molecular formula is C19H20ClF3N6. The van der Waals surface area contributed by atoms with Crippen molar-refractivity contribution < 1.29 is 13.2 Å². The minimum absolute atomic E-state index is 0.142. The number of hydrogen-bond acceptors (Lipinski definition) is 5. The van der Waals surface area contributed by atoms with E-state index >= 15 is 0 Å². The normalized spacial score (nSPS) is 18.7. The summed E-state index contributed by atoms with van der Waals surface area (Å²) in [7, 11) is 0. The molecule has 3 heterocycles. The van der Waals surface area contributed by atoms with E-state index in [-0.39, 0.29) is 17.7 Å². The molecule has 0 aliphatic carbocycles. The number of benzene rings is 1. The van der Waals surface area contributed by atoms with Crippen LogP contribution in [0.2, 0.25) is 5.02 Å². The molecule has 0 spiro atoms. The molecule has 0 amide bonds. The van der Waals surface area contributed by atoms with Gasteiger partial charge in [-0.25, -0.2) is 4.99 Å². The fourth-order valence-corrected chi connectivity index (χ4v) is 3.52. The number of nitrogens with zero attached hydrogens (tertiary/aromatic N) is 4. The molecule has 1 saturated heterocycles. The maximum Gasteiger partial charge on any atom is 0.416 e. The second-order valence-electron chi connectivity index (χ2n) is 7.00. The number of fused-ring (bicyclic) bond motifs is 1. The van der Waals surface area contributed by atoms with Gasteiger partial charge in [0.05, 0.1) is 24.0 Å². The zero-order chi connectivity index (χ0) is 20.6. The summed E-state index contributed by atoms with van der Waals surface area (Å²) >= 11 is 6.09. The van der Waals surface area contributed by atoms with E-state index < -0.39 is 11.7 Å². The zero-order valence-electron chi connectivity index (χ0n) is 15.7. The average molecular weight is 425 g/mol. The van der Waals surface area contributed by atoms with E-state index in [9.17, 15) is 13.2 Å². The van der Waals surface area contributed by atoms with Gasteiger partial charge in [-0.15, -0.1) is 0 Å². The number of aromatic nitrogens is 2. The van der Waals surface area contributed by atoms with Crippen molar-refractivity contribution in [2.24, 2.45) is 4.99 Å². The van der Waals surface area contributed by atoms with Crippen LogP contribution in [0.5, 0.6) is 0 Å². The Bertz CT molecular complexity index is 965. The van der Waals surface area contributed by atoms with Crippen LogP contribution in [0.3, 0.4) is 0 Å². The van der Waals surface area contributed by atoms with E-state index in [4.69, 9.17) is 11.6 Å². The SMILES string of the molecule is CCCN1C=C2NC(c3cnn(Cc4cc(C(F)(F)F)ccc4Cl)c3)NC2=NC1. The predicted octanol–water partition coefficient (Wildman–Crippen LogP) is 3.72. The van der Waals surface area contributed by atoms with E-state index in [1.54, 1.807) is 17.1 Å². The Morgan fingerprint density at radius 1 is 1.28 bits per heavy atom. The summed E-state index contributed by atoms with van der Waals surface area (Å²) in [6, 6.07) is 3.30. The first-order valence-corrected chi connectivity index (χ1v) is 9.63. The minimum atomic E-state index is -4.41. The van der Waals surface area contributed by atoms with Crippen LogP contribution in [0.4, 0.5) is 13.2 Å². The van der Waals surface area contributed by atoms with E-state index in [0.29, 0.717) is 12.2 Å². The molecule has 2 aliphatic rings. The van der Waals surface area contributed by atoms with E-state index in [1.165, 1.54) is 6.07 Å². The molecule has 0 radical (unpaired) electrons. The number of amidine groups is 1. The molecule has 2 aromatic rings. The number of nitrogens with one attached hydrogen (secondary N) is 2. The fourth-order valence-electron chi connectivity index (χ4n) is 3.34. The Labute approximate surface area is 171 Å². The lowest BCUT2D eigenvalue weighted by Gasteiger charge is -2.21. The third kappa shape index (κ3) is 4.19. The number of aliphatic imine (C=N–C) groups is 1. The molecular weight excluding hydrogens is 405 g/mol. The summed E-state index contributed by atoms with van der Waals surface area (Å²) < 4.78 is 40.5. The highest BCUT2D eigenvalue weighted by Gasteiger charge is 2.31. The average Bonchev–Trinajstić information content (AvgIpc) is 3.29. The molecule has 2 aliphatic heterocycles. The summed E-state index contributed by atoms with van der Waals surface area (Å²) in [6.07, 6.45) is 1.93. The van der Waals surface area contributed by atoms with Crippen LogP contribution in [0.15, 0.2) is 47.5 Å². The van der Waals surface area contributed by atoms with Crippen molar-refractivity contribution >= 4 is 17.4 Å². The van der Waals surface area contributed by atoms with Gasteiger partial charge in [0.25, 0.3) is 0 Å². The lowest BCUT2D eigenvalue weighted by atomic mass is 10.1. The quantitative estimate of drug-likeness (QED) is 0.768. The third-order valence-corrected chi connectivity index (χ3v) is 5.13. The predicted molar refractivity (Wildman–Crippen MR) is 104 cm³/mol. The largest absolute Gasteiger partial charge is 0.416 e. The molecule has 0 saturated carbocycles. The first-order chi connectivity index (χ1) is 13.8. The smallest absolute Gasteiger partial charge is 0.357 e.